The Bertz CT molecular complexity index is 967. The second-order valence-electron chi connectivity index (χ2n) is 6.05. The molecule has 8 nitrogen and oxygen atoms in total. The Hall–Kier alpha value is -3.55. The predicted octanol–water partition coefficient (Wildman–Crippen LogP) is 2.45. The molecule has 1 N–H and O–H groups in total. The van der Waals surface area contributed by atoms with Gasteiger partial charge in [-0.2, -0.15) is 0 Å². The number of amides is 3. The topological polar surface area (TPSA) is 110 Å². The van der Waals surface area contributed by atoms with Gasteiger partial charge < -0.3 is 5.32 Å². The standard InChI is InChI=1S/C18H15N3O5/c1-10-3-6-15(11(2)7-10)19-16(22)9-20-17(23)13-5-4-12(21(25)26)8-14(13)18(20)24/h3-8H,9H2,1-2H3,(H,19,22). The minimum atomic E-state index is -0.718. The quantitative estimate of drug-likeness (QED) is 0.516. The second kappa shape index (κ2) is 6.40. The van der Waals surface area contributed by atoms with E-state index in [1.165, 1.54) is 6.07 Å². The van der Waals surface area contributed by atoms with Gasteiger partial charge in [0, 0.05) is 17.8 Å². The molecule has 0 saturated carbocycles. The van der Waals surface area contributed by atoms with E-state index in [1.54, 1.807) is 6.07 Å². The molecule has 0 bridgehead atoms. The van der Waals surface area contributed by atoms with Crippen LogP contribution in [0.25, 0.3) is 0 Å². The zero-order valence-corrected chi connectivity index (χ0v) is 14.1. The van der Waals surface area contributed by atoms with Crippen LogP contribution >= 0.6 is 0 Å². The molecule has 8 heteroatoms. The van der Waals surface area contributed by atoms with E-state index < -0.39 is 29.2 Å². The van der Waals surface area contributed by atoms with Crippen LogP contribution in [-0.4, -0.2) is 34.1 Å². The number of nitrogens with one attached hydrogen (secondary N) is 1. The summed E-state index contributed by atoms with van der Waals surface area (Å²) in [6.45, 7) is 3.30. The lowest BCUT2D eigenvalue weighted by Gasteiger charge is -2.14. The number of nitro benzene ring substituents is 1. The van der Waals surface area contributed by atoms with E-state index in [0.717, 1.165) is 28.2 Å². The molecule has 0 spiro atoms. The van der Waals surface area contributed by atoms with Crippen molar-refractivity contribution in [3.8, 4) is 0 Å². The maximum atomic E-state index is 12.4. The molecule has 0 radical (unpaired) electrons. The van der Waals surface area contributed by atoms with Crippen molar-refractivity contribution >= 4 is 29.1 Å². The highest BCUT2D eigenvalue weighted by Gasteiger charge is 2.37. The van der Waals surface area contributed by atoms with Gasteiger partial charge in [-0.25, -0.2) is 0 Å². The number of carbonyl (C=O) groups excluding carboxylic acids is 3. The van der Waals surface area contributed by atoms with E-state index in [2.05, 4.69) is 5.32 Å². The van der Waals surface area contributed by atoms with E-state index in [9.17, 15) is 24.5 Å². The first-order chi connectivity index (χ1) is 12.3. The monoisotopic (exact) mass is 353 g/mol. The number of aryl methyl sites for hydroxylation is 2. The highest BCUT2D eigenvalue weighted by atomic mass is 16.6. The Morgan fingerprint density at radius 2 is 1.77 bits per heavy atom. The van der Waals surface area contributed by atoms with Crippen molar-refractivity contribution in [3.05, 3.63) is 68.8 Å². The molecular weight excluding hydrogens is 338 g/mol. The summed E-state index contributed by atoms with van der Waals surface area (Å²) in [6.07, 6.45) is 0. The molecule has 0 aliphatic carbocycles. The summed E-state index contributed by atoms with van der Waals surface area (Å²) in [5, 5.41) is 13.5. The van der Waals surface area contributed by atoms with Gasteiger partial charge in [-0.1, -0.05) is 17.7 Å². The summed E-state index contributed by atoms with van der Waals surface area (Å²) in [7, 11) is 0. The van der Waals surface area contributed by atoms with Gasteiger partial charge >= 0.3 is 0 Å². The fourth-order valence-corrected chi connectivity index (χ4v) is 2.82. The van der Waals surface area contributed by atoms with Crippen molar-refractivity contribution in [2.24, 2.45) is 0 Å². The molecule has 1 heterocycles. The first-order valence-corrected chi connectivity index (χ1v) is 7.79. The van der Waals surface area contributed by atoms with Gasteiger partial charge in [0.05, 0.1) is 16.1 Å². The van der Waals surface area contributed by atoms with Crippen LogP contribution in [0.5, 0.6) is 0 Å². The maximum absolute atomic E-state index is 12.4. The lowest BCUT2D eigenvalue weighted by molar-refractivity contribution is -0.384. The Labute approximate surface area is 148 Å². The van der Waals surface area contributed by atoms with Crippen LogP contribution in [0, 0.1) is 24.0 Å². The minimum absolute atomic E-state index is 0.0555. The molecule has 0 fully saturated rings. The van der Waals surface area contributed by atoms with E-state index >= 15 is 0 Å². The van der Waals surface area contributed by atoms with Gasteiger partial charge in [0.1, 0.15) is 6.54 Å². The van der Waals surface area contributed by atoms with Crippen molar-refractivity contribution in [3.63, 3.8) is 0 Å². The Kier molecular flexibility index (Phi) is 4.25. The van der Waals surface area contributed by atoms with Crippen LogP contribution in [-0.2, 0) is 4.79 Å². The summed E-state index contributed by atoms with van der Waals surface area (Å²) in [5.74, 6) is -1.89. The van der Waals surface area contributed by atoms with Crippen molar-refractivity contribution in [1.82, 2.24) is 4.90 Å². The summed E-state index contributed by atoms with van der Waals surface area (Å²) in [5.41, 5.74) is 2.20. The third-order valence-corrected chi connectivity index (χ3v) is 4.12. The molecule has 2 aromatic rings. The van der Waals surface area contributed by atoms with Crippen LogP contribution < -0.4 is 5.32 Å². The molecule has 2 aromatic carbocycles. The van der Waals surface area contributed by atoms with Gasteiger partial charge in [-0.15, -0.1) is 0 Å². The molecule has 1 aliphatic rings. The van der Waals surface area contributed by atoms with E-state index in [-0.39, 0.29) is 16.8 Å². The number of nitro groups is 1. The zero-order chi connectivity index (χ0) is 19.0. The molecule has 3 rings (SSSR count). The number of fused-ring (bicyclic) bond motifs is 1. The summed E-state index contributed by atoms with van der Waals surface area (Å²) in [6, 6.07) is 8.92. The molecule has 26 heavy (non-hydrogen) atoms. The van der Waals surface area contributed by atoms with Gasteiger partial charge in [0.15, 0.2) is 0 Å². The van der Waals surface area contributed by atoms with Crippen LogP contribution in [0.15, 0.2) is 36.4 Å². The highest BCUT2D eigenvalue weighted by Crippen LogP contribution is 2.26. The summed E-state index contributed by atoms with van der Waals surface area (Å²) >= 11 is 0. The summed E-state index contributed by atoms with van der Waals surface area (Å²) < 4.78 is 0. The molecular formula is C18H15N3O5. The molecule has 0 atom stereocenters. The van der Waals surface area contributed by atoms with Crippen LogP contribution in [0.1, 0.15) is 31.8 Å². The highest BCUT2D eigenvalue weighted by molar-refractivity contribution is 6.23. The molecule has 3 amide bonds. The van der Waals surface area contributed by atoms with Crippen LogP contribution in [0.2, 0.25) is 0 Å². The average molecular weight is 353 g/mol. The predicted molar refractivity (Wildman–Crippen MR) is 93.0 cm³/mol. The molecule has 132 valence electrons. The number of benzene rings is 2. The molecule has 0 aromatic heterocycles. The first kappa shape index (κ1) is 17.3. The van der Waals surface area contributed by atoms with Gasteiger partial charge in [0.25, 0.3) is 17.5 Å². The second-order valence-corrected chi connectivity index (χ2v) is 6.05. The minimum Gasteiger partial charge on any atom is -0.324 e. The fourth-order valence-electron chi connectivity index (χ4n) is 2.82. The zero-order valence-electron chi connectivity index (χ0n) is 14.1. The smallest absolute Gasteiger partial charge is 0.270 e. The van der Waals surface area contributed by atoms with Gasteiger partial charge in [0.2, 0.25) is 5.91 Å². The van der Waals surface area contributed by atoms with Crippen LogP contribution in [0.3, 0.4) is 0 Å². The molecule has 0 saturated heterocycles. The van der Waals surface area contributed by atoms with Crippen molar-refractivity contribution in [1.29, 1.82) is 0 Å². The third kappa shape index (κ3) is 3.04. The Balaban J connectivity index is 1.78. The normalized spacial score (nSPS) is 12.9. The Morgan fingerprint density at radius 1 is 1.08 bits per heavy atom. The van der Waals surface area contributed by atoms with Crippen molar-refractivity contribution in [2.45, 2.75) is 13.8 Å². The molecule has 1 aliphatic heterocycles. The van der Waals surface area contributed by atoms with Crippen molar-refractivity contribution < 1.29 is 19.3 Å². The maximum Gasteiger partial charge on any atom is 0.270 e. The van der Waals surface area contributed by atoms with E-state index in [1.807, 2.05) is 26.0 Å². The number of hydrogen-bond donors (Lipinski definition) is 1. The van der Waals surface area contributed by atoms with E-state index in [4.69, 9.17) is 0 Å². The lowest BCUT2D eigenvalue weighted by atomic mass is 10.1. The average Bonchev–Trinajstić information content (AvgIpc) is 2.82. The third-order valence-electron chi connectivity index (χ3n) is 4.12. The fraction of sp³-hybridized carbons (Fsp3) is 0.167. The van der Waals surface area contributed by atoms with Crippen LogP contribution in [0.4, 0.5) is 11.4 Å². The SMILES string of the molecule is Cc1ccc(NC(=O)CN2C(=O)c3ccc([N+](=O)[O-])cc3C2=O)c(C)c1. The number of non-ortho nitro benzene ring substituents is 1. The number of carbonyl (C=O) groups is 3. The summed E-state index contributed by atoms with van der Waals surface area (Å²) in [4.78, 5) is 48.0. The Morgan fingerprint density at radius 3 is 2.42 bits per heavy atom. The number of rotatable bonds is 4. The first-order valence-electron chi connectivity index (χ1n) is 7.79. The van der Waals surface area contributed by atoms with Crippen molar-refractivity contribution in [2.75, 3.05) is 11.9 Å². The number of hydrogen-bond acceptors (Lipinski definition) is 5. The lowest BCUT2D eigenvalue weighted by Crippen LogP contribution is -2.37. The molecule has 0 unspecified atom stereocenters. The number of imide groups is 1. The number of anilines is 1. The van der Waals surface area contributed by atoms with Gasteiger partial charge in [-0.3, -0.25) is 29.4 Å². The number of nitrogens with zero attached hydrogens (tertiary/aromatic N) is 2. The van der Waals surface area contributed by atoms with E-state index in [0.29, 0.717) is 5.69 Å². The van der Waals surface area contributed by atoms with Gasteiger partial charge in [-0.05, 0) is 31.5 Å². The largest absolute Gasteiger partial charge is 0.324 e.